The van der Waals surface area contributed by atoms with Crippen LogP contribution in [0.4, 0.5) is 13.2 Å². The highest BCUT2D eigenvalue weighted by atomic mass is 127. The molecular formula is C16H9F3IN. The van der Waals surface area contributed by atoms with Crippen LogP contribution >= 0.6 is 22.6 Å². The van der Waals surface area contributed by atoms with Crippen LogP contribution in [0.25, 0.3) is 11.6 Å². The van der Waals surface area contributed by atoms with E-state index < -0.39 is 11.7 Å². The van der Waals surface area contributed by atoms with Crippen molar-refractivity contribution in [1.29, 1.82) is 5.26 Å². The van der Waals surface area contributed by atoms with E-state index in [2.05, 4.69) is 22.6 Å². The van der Waals surface area contributed by atoms with Crippen LogP contribution in [-0.2, 0) is 6.18 Å². The Morgan fingerprint density at radius 2 is 1.81 bits per heavy atom. The maximum atomic E-state index is 12.7. The summed E-state index contributed by atoms with van der Waals surface area (Å²) in [7, 11) is 0. The van der Waals surface area contributed by atoms with Gasteiger partial charge in [0.2, 0.25) is 0 Å². The van der Waals surface area contributed by atoms with E-state index in [1.54, 1.807) is 6.08 Å². The monoisotopic (exact) mass is 399 g/mol. The zero-order valence-electron chi connectivity index (χ0n) is 10.7. The van der Waals surface area contributed by atoms with Crippen molar-refractivity contribution in [2.45, 2.75) is 6.18 Å². The van der Waals surface area contributed by atoms with E-state index in [0.29, 0.717) is 0 Å². The van der Waals surface area contributed by atoms with Crippen LogP contribution in [0.1, 0.15) is 16.7 Å². The zero-order valence-corrected chi connectivity index (χ0v) is 12.8. The first kappa shape index (κ1) is 15.6. The number of alkyl halides is 3. The third-order valence-corrected chi connectivity index (χ3v) is 3.81. The summed E-state index contributed by atoms with van der Waals surface area (Å²) in [6.45, 7) is 0. The number of hydrogen-bond donors (Lipinski definition) is 0. The van der Waals surface area contributed by atoms with Crippen molar-refractivity contribution in [3.8, 4) is 6.07 Å². The van der Waals surface area contributed by atoms with E-state index in [9.17, 15) is 18.4 Å². The van der Waals surface area contributed by atoms with Crippen molar-refractivity contribution < 1.29 is 13.2 Å². The molecule has 0 atom stereocenters. The third kappa shape index (κ3) is 3.85. The van der Waals surface area contributed by atoms with Crippen molar-refractivity contribution in [1.82, 2.24) is 0 Å². The predicted octanol–water partition coefficient (Wildman–Crippen LogP) is 5.37. The average molecular weight is 399 g/mol. The SMILES string of the molecule is N#CC(=Cc1ccccc1I)c1cccc(C(F)(F)F)c1. The molecular weight excluding hydrogens is 390 g/mol. The summed E-state index contributed by atoms with van der Waals surface area (Å²) in [5.74, 6) is 0. The standard InChI is InChI=1S/C16H9F3IN/c17-16(18,19)14-6-3-5-11(9-14)13(10-21)8-12-4-1-2-7-15(12)20/h1-9H. The first-order chi connectivity index (χ1) is 9.91. The summed E-state index contributed by atoms with van der Waals surface area (Å²) in [5, 5.41) is 9.22. The molecule has 0 bridgehead atoms. The fourth-order valence-electron chi connectivity index (χ4n) is 1.79. The number of allylic oxidation sites excluding steroid dienone is 1. The van der Waals surface area contributed by atoms with Gasteiger partial charge in [0.1, 0.15) is 0 Å². The van der Waals surface area contributed by atoms with Gasteiger partial charge in [-0.05, 0) is 58.0 Å². The molecule has 5 heteroatoms. The highest BCUT2D eigenvalue weighted by Gasteiger charge is 2.30. The van der Waals surface area contributed by atoms with Gasteiger partial charge in [-0.15, -0.1) is 0 Å². The molecule has 0 unspecified atom stereocenters. The van der Waals surface area contributed by atoms with Gasteiger partial charge in [0.15, 0.2) is 0 Å². The van der Waals surface area contributed by atoms with Gasteiger partial charge in [-0.3, -0.25) is 0 Å². The Hall–Kier alpha value is -1.81. The molecule has 1 nitrogen and oxygen atoms in total. The van der Waals surface area contributed by atoms with Crippen LogP contribution in [0.5, 0.6) is 0 Å². The third-order valence-electron chi connectivity index (χ3n) is 2.83. The zero-order chi connectivity index (χ0) is 15.5. The Morgan fingerprint density at radius 1 is 1.10 bits per heavy atom. The fourth-order valence-corrected chi connectivity index (χ4v) is 2.33. The average Bonchev–Trinajstić information content (AvgIpc) is 2.46. The Kier molecular flexibility index (Phi) is 4.68. The molecule has 0 amide bonds. The fraction of sp³-hybridized carbons (Fsp3) is 0.0625. The number of halogens is 4. The highest BCUT2D eigenvalue weighted by Crippen LogP contribution is 2.31. The lowest BCUT2D eigenvalue weighted by Crippen LogP contribution is -2.04. The second-order valence-electron chi connectivity index (χ2n) is 4.27. The first-order valence-electron chi connectivity index (χ1n) is 5.96. The van der Waals surface area contributed by atoms with Crippen molar-refractivity contribution in [3.05, 3.63) is 68.8 Å². The Labute approximate surface area is 133 Å². The topological polar surface area (TPSA) is 23.8 Å². The van der Waals surface area contributed by atoms with Crippen LogP contribution in [0.2, 0.25) is 0 Å². The van der Waals surface area contributed by atoms with Crippen LogP contribution in [-0.4, -0.2) is 0 Å². The van der Waals surface area contributed by atoms with Crippen molar-refractivity contribution in [2.75, 3.05) is 0 Å². The van der Waals surface area contributed by atoms with E-state index >= 15 is 0 Å². The van der Waals surface area contributed by atoms with Crippen LogP contribution in [0, 0.1) is 14.9 Å². The molecule has 0 aromatic heterocycles. The Morgan fingerprint density at radius 3 is 2.43 bits per heavy atom. The van der Waals surface area contributed by atoms with Gasteiger partial charge in [0, 0.05) is 3.57 Å². The Balaban J connectivity index is 2.49. The molecule has 0 aliphatic rings. The van der Waals surface area contributed by atoms with Crippen molar-refractivity contribution >= 4 is 34.2 Å². The second-order valence-corrected chi connectivity index (χ2v) is 5.43. The number of nitrogens with zero attached hydrogens (tertiary/aromatic N) is 1. The van der Waals surface area contributed by atoms with Crippen LogP contribution < -0.4 is 0 Å². The molecule has 0 spiro atoms. The van der Waals surface area contributed by atoms with Gasteiger partial charge >= 0.3 is 6.18 Å². The normalized spacial score (nSPS) is 12.0. The lowest BCUT2D eigenvalue weighted by molar-refractivity contribution is -0.137. The summed E-state index contributed by atoms with van der Waals surface area (Å²) in [6.07, 6.45) is -2.82. The summed E-state index contributed by atoms with van der Waals surface area (Å²) in [4.78, 5) is 0. The summed E-state index contributed by atoms with van der Waals surface area (Å²) < 4.78 is 39.1. The lowest BCUT2D eigenvalue weighted by Gasteiger charge is -2.08. The van der Waals surface area contributed by atoms with E-state index in [4.69, 9.17) is 0 Å². The molecule has 0 radical (unpaired) electrons. The molecule has 0 aliphatic heterocycles. The molecule has 0 saturated carbocycles. The Bertz CT molecular complexity index is 727. The second kappa shape index (κ2) is 6.31. The summed E-state index contributed by atoms with van der Waals surface area (Å²) >= 11 is 2.12. The van der Waals surface area contributed by atoms with Gasteiger partial charge in [-0.1, -0.05) is 30.3 Å². The molecule has 0 N–H and O–H groups in total. The first-order valence-corrected chi connectivity index (χ1v) is 7.03. The number of rotatable bonds is 2. The van der Waals surface area contributed by atoms with Crippen molar-refractivity contribution in [3.63, 3.8) is 0 Å². The maximum absolute atomic E-state index is 12.7. The quantitative estimate of drug-likeness (QED) is 0.378. The minimum Gasteiger partial charge on any atom is -0.192 e. The molecule has 0 fully saturated rings. The van der Waals surface area contributed by atoms with Crippen molar-refractivity contribution in [2.24, 2.45) is 0 Å². The van der Waals surface area contributed by atoms with Gasteiger partial charge in [-0.25, -0.2) is 0 Å². The van der Waals surface area contributed by atoms with E-state index in [0.717, 1.165) is 21.3 Å². The maximum Gasteiger partial charge on any atom is 0.416 e. The van der Waals surface area contributed by atoms with Gasteiger partial charge < -0.3 is 0 Å². The molecule has 2 aromatic carbocycles. The number of benzene rings is 2. The van der Waals surface area contributed by atoms with Crippen LogP contribution in [0.15, 0.2) is 48.5 Å². The predicted molar refractivity (Wildman–Crippen MR) is 84.1 cm³/mol. The molecule has 2 aromatic rings. The summed E-state index contributed by atoms with van der Waals surface area (Å²) in [5.41, 5.74) is 0.494. The van der Waals surface area contributed by atoms with E-state index in [-0.39, 0.29) is 11.1 Å². The highest BCUT2D eigenvalue weighted by molar-refractivity contribution is 14.1. The number of hydrogen-bond acceptors (Lipinski definition) is 1. The molecule has 0 heterocycles. The lowest BCUT2D eigenvalue weighted by atomic mass is 10.0. The van der Waals surface area contributed by atoms with Gasteiger partial charge in [-0.2, -0.15) is 18.4 Å². The van der Waals surface area contributed by atoms with E-state index in [1.807, 2.05) is 30.3 Å². The molecule has 106 valence electrons. The minimum atomic E-state index is -4.42. The summed E-state index contributed by atoms with van der Waals surface area (Å²) in [6, 6.07) is 14.1. The molecule has 0 aliphatic carbocycles. The number of nitriles is 1. The largest absolute Gasteiger partial charge is 0.416 e. The van der Waals surface area contributed by atoms with E-state index in [1.165, 1.54) is 12.1 Å². The smallest absolute Gasteiger partial charge is 0.192 e. The molecule has 2 rings (SSSR count). The molecule has 21 heavy (non-hydrogen) atoms. The molecule has 0 saturated heterocycles. The van der Waals surface area contributed by atoms with Crippen LogP contribution in [0.3, 0.4) is 0 Å². The van der Waals surface area contributed by atoms with Gasteiger partial charge in [0.25, 0.3) is 0 Å². The van der Waals surface area contributed by atoms with Gasteiger partial charge in [0.05, 0.1) is 17.2 Å². The minimum absolute atomic E-state index is 0.199.